The lowest BCUT2D eigenvalue weighted by Gasteiger charge is -2.37. The number of fused-ring (bicyclic) bond motifs is 5. The van der Waals surface area contributed by atoms with E-state index in [0.717, 1.165) is 50.3 Å². The Morgan fingerprint density at radius 3 is 2.13 bits per heavy atom. The average Bonchev–Trinajstić information content (AvgIpc) is 3.54. The molecule has 0 saturated heterocycles. The molecule has 2 heterocycles. The Morgan fingerprint density at radius 1 is 0.736 bits per heavy atom. The number of aromatic nitrogens is 1. The van der Waals surface area contributed by atoms with E-state index in [9.17, 15) is 0 Å². The van der Waals surface area contributed by atoms with E-state index in [1.54, 1.807) is 0 Å². The van der Waals surface area contributed by atoms with Crippen LogP contribution in [0.3, 0.4) is 0 Å². The summed E-state index contributed by atoms with van der Waals surface area (Å²) in [5.74, 6) is 1.01. The van der Waals surface area contributed by atoms with E-state index in [4.69, 9.17) is 15.7 Å². The lowest BCUT2D eigenvalue weighted by Crippen LogP contribution is -2.26. The second kappa shape index (κ2) is 15.0. The Hall–Kier alpha value is -6.46. The Kier molecular flexibility index (Phi) is 9.91. The summed E-state index contributed by atoms with van der Waals surface area (Å²) in [4.78, 5) is 9.94. The molecule has 0 spiro atoms. The van der Waals surface area contributed by atoms with Crippen molar-refractivity contribution < 1.29 is 0 Å². The summed E-state index contributed by atoms with van der Waals surface area (Å²) in [5.41, 5.74) is 18.3. The fourth-order valence-electron chi connectivity index (χ4n) is 7.20. The monoisotopic (exact) mass is 691 g/mol. The standard InChI is InChI=1S/C44H37N5.C4H8/c1-4-33-40-34-22-11-14-25-38(34)49(39(40)27-36-41(33)47-37-24-13-12-23-35(37)44(36,2)3)32-21-15-20-31(26-32)43(46-28-29-16-7-5-8-17-29)48-42(45)30-18-9-6-10-19-30;1-3-4-2/h4-27,47H,1,28H2,2-3H3,(H2,45,46,48);3-4H,1-2H3/b;4-3-. The smallest absolute Gasteiger partial charge is 0.157 e. The molecule has 1 aliphatic rings. The molecule has 262 valence electrons. The van der Waals surface area contributed by atoms with Crippen molar-refractivity contribution in [2.75, 3.05) is 5.32 Å². The van der Waals surface area contributed by atoms with Gasteiger partial charge in [-0.25, -0.2) is 4.99 Å². The van der Waals surface area contributed by atoms with Crippen molar-refractivity contribution in [1.82, 2.24) is 4.57 Å². The van der Waals surface area contributed by atoms with Gasteiger partial charge in [-0.1, -0.05) is 148 Å². The van der Waals surface area contributed by atoms with Crippen molar-refractivity contribution in [3.63, 3.8) is 0 Å². The molecule has 0 aliphatic carbocycles. The van der Waals surface area contributed by atoms with Gasteiger partial charge in [-0.05, 0) is 60.9 Å². The van der Waals surface area contributed by atoms with E-state index in [1.165, 1.54) is 21.9 Å². The zero-order chi connectivity index (χ0) is 37.0. The zero-order valence-electron chi connectivity index (χ0n) is 30.8. The maximum Gasteiger partial charge on any atom is 0.157 e. The Balaban J connectivity index is 0.00000104. The van der Waals surface area contributed by atoms with Crippen LogP contribution in [0.25, 0.3) is 33.6 Å². The molecule has 8 rings (SSSR count). The third-order valence-corrected chi connectivity index (χ3v) is 9.98. The van der Waals surface area contributed by atoms with Crippen LogP contribution in [0.2, 0.25) is 0 Å². The molecule has 0 saturated carbocycles. The number of aliphatic imine (C=N–C) groups is 2. The molecule has 5 nitrogen and oxygen atoms in total. The fourth-order valence-corrected chi connectivity index (χ4v) is 7.20. The molecular weight excluding hydrogens is 647 g/mol. The summed E-state index contributed by atoms with van der Waals surface area (Å²) in [5, 5.41) is 6.12. The normalized spacial score (nSPS) is 13.6. The summed E-state index contributed by atoms with van der Waals surface area (Å²) in [7, 11) is 0. The van der Waals surface area contributed by atoms with E-state index >= 15 is 0 Å². The van der Waals surface area contributed by atoms with Crippen LogP contribution in [0.5, 0.6) is 0 Å². The van der Waals surface area contributed by atoms with Crippen LogP contribution in [-0.4, -0.2) is 16.2 Å². The first-order valence-electron chi connectivity index (χ1n) is 18.1. The predicted molar refractivity (Wildman–Crippen MR) is 227 cm³/mol. The van der Waals surface area contributed by atoms with Gasteiger partial charge < -0.3 is 15.6 Å². The van der Waals surface area contributed by atoms with Crippen LogP contribution in [0, 0.1) is 0 Å². The molecule has 0 fully saturated rings. The maximum absolute atomic E-state index is 6.59. The molecule has 5 heteroatoms. The molecular formula is C48H45N5. The van der Waals surface area contributed by atoms with Crippen LogP contribution in [-0.2, 0) is 12.0 Å². The minimum absolute atomic E-state index is 0.229. The fraction of sp³-hybridized carbons (Fsp3) is 0.125. The van der Waals surface area contributed by atoms with Crippen LogP contribution in [0.1, 0.15) is 61.1 Å². The lowest BCUT2D eigenvalue weighted by atomic mass is 9.73. The molecule has 0 amide bonds. The van der Waals surface area contributed by atoms with Crippen molar-refractivity contribution in [2.24, 2.45) is 15.7 Å². The summed E-state index contributed by atoms with van der Waals surface area (Å²) >= 11 is 0. The number of benzene rings is 6. The molecule has 0 atom stereocenters. The first-order valence-corrected chi connectivity index (χ1v) is 18.1. The number of para-hydroxylation sites is 2. The van der Waals surface area contributed by atoms with E-state index in [-0.39, 0.29) is 5.41 Å². The molecule has 0 radical (unpaired) electrons. The molecule has 1 aliphatic heterocycles. The van der Waals surface area contributed by atoms with Crippen molar-refractivity contribution >= 4 is 50.9 Å². The Labute approximate surface area is 312 Å². The number of nitrogens with two attached hydrogens (primary N) is 1. The van der Waals surface area contributed by atoms with Gasteiger partial charge in [0.1, 0.15) is 5.84 Å². The van der Waals surface area contributed by atoms with Crippen molar-refractivity contribution in [3.8, 4) is 5.69 Å². The molecule has 7 aromatic rings. The van der Waals surface area contributed by atoms with Crippen LogP contribution in [0.4, 0.5) is 11.4 Å². The summed E-state index contributed by atoms with van der Waals surface area (Å²) in [6.07, 6.45) is 6.00. The minimum atomic E-state index is -0.229. The molecule has 0 unspecified atom stereocenters. The third-order valence-electron chi connectivity index (χ3n) is 9.98. The number of hydrogen-bond acceptors (Lipinski definition) is 2. The number of amidine groups is 2. The molecule has 1 aromatic heterocycles. The largest absolute Gasteiger partial charge is 0.383 e. The highest BCUT2D eigenvalue weighted by atomic mass is 15.0. The first kappa shape index (κ1) is 35.0. The summed E-state index contributed by atoms with van der Waals surface area (Å²) in [6.45, 7) is 13.4. The Morgan fingerprint density at radius 2 is 1.40 bits per heavy atom. The van der Waals surface area contributed by atoms with Gasteiger partial charge in [-0.3, -0.25) is 4.99 Å². The number of rotatable bonds is 6. The first-order chi connectivity index (χ1) is 25.8. The SMILES string of the molecule is C/C=C\C.C=Cc1c2c(cc3c1c1ccccc1n3-c1cccc(C(N=C(N)c3ccccc3)=NCc3ccccc3)c1)C(C)(C)c1ccccc1N2. The number of nitrogens with zero attached hydrogens (tertiary/aromatic N) is 3. The number of hydrogen-bond donors (Lipinski definition) is 2. The van der Waals surface area contributed by atoms with Crippen LogP contribution in [0.15, 0.2) is 168 Å². The highest BCUT2D eigenvalue weighted by molar-refractivity contribution is 6.16. The van der Waals surface area contributed by atoms with E-state index in [1.807, 2.05) is 80.6 Å². The number of anilines is 2. The second-order valence-corrected chi connectivity index (χ2v) is 13.7. The number of allylic oxidation sites excluding steroid dienone is 2. The van der Waals surface area contributed by atoms with Gasteiger partial charge in [-0.2, -0.15) is 0 Å². The van der Waals surface area contributed by atoms with Crippen LogP contribution >= 0.6 is 0 Å². The number of nitrogens with one attached hydrogen (secondary N) is 1. The highest BCUT2D eigenvalue weighted by Crippen LogP contribution is 2.50. The minimum Gasteiger partial charge on any atom is -0.383 e. The molecule has 0 bridgehead atoms. The van der Waals surface area contributed by atoms with E-state index in [2.05, 4.69) is 121 Å². The van der Waals surface area contributed by atoms with Gasteiger partial charge in [0.15, 0.2) is 5.84 Å². The van der Waals surface area contributed by atoms with Crippen molar-refractivity contribution in [2.45, 2.75) is 39.7 Å². The summed E-state index contributed by atoms with van der Waals surface area (Å²) in [6, 6.07) is 48.1. The van der Waals surface area contributed by atoms with Gasteiger partial charge in [-0.15, -0.1) is 0 Å². The molecule has 53 heavy (non-hydrogen) atoms. The quantitative estimate of drug-likeness (QED) is 0.104. The van der Waals surface area contributed by atoms with Gasteiger partial charge in [0.2, 0.25) is 0 Å². The topological polar surface area (TPSA) is 67.7 Å². The second-order valence-electron chi connectivity index (χ2n) is 13.7. The van der Waals surface area contributed by atoms with Gasteiger partial charge in [0.25, 0.3) is 0 Å². The summed E-state index contributed by atoms with van der Waals surface area (Å²) < 4.78 is 2.36. The lowest BCUT2D eigenvalue weighted by molar-refractivity contribution is 0.638. The highest BCUT2D eigenvalue weighted by Gasteiger charge is 2.35. The molecule has 3 N–H and O–H groups in total. The van der Waals surface area contributed by atoms with Crippen molar-refractivity contribution in [3.05, 3.63) is 192 Å². The predicted octanol–water partition coefficient (Wildman–Crippen LogP) is 11.7. The average molecular weight is 692 g/mol. The van der Waals surface area contributed by atoms with Gasteiger partial charge in [0.05, 0.1) is 23.3 Å². The van der Waals surface area contributed by atoms with E-state index < -0.39 is 0 Å². The van der Waals surface area contributed by atoms with E-state index in [0.29, 0.717) is 18.2 Å². The van der Waals surface area contributed by atoms with Crippen molar-refractivity contribution in [1.29, 1.82) is 0 Å². The zero-order valence-corrected chi connectivity index (χ0v) is 30.8. The molecule has 6 aromatic carbocycles. The third kappa shape index (κ3) is 6.70. The van der Waals surface area contributed by atoms with Gasteiger partial charge >= 0.3 is 0 Å². The maximum atomic E-state index is 6.59. The Bertz CT molecular complexity index is 2510. The van der Waals surface area contributed by atoms with Crippen LogP contribution < -0.4 is 11.1 Å². The van der Waals surface area contributed by atoms with Gasteiger partial charge in [0, 0.05) is 44.3 Å².